The van der Waals surface area contributed by atoms with Gasteiger partial charge in [-0.2, -0.15) is 11.8 Å². The molecule has 1 aromatic rings. The predicted molar refractivity (Wildman–Crippen MR) is 79.5 cm³/mol. The van der Waals surface area contributed by atoms with Crippen molar-refractivity contribution in [1.29, 1.82) is 0 Å². The standard InChI is InChI=1S/C15H23NOS/c1-18-13-14-7-9-16(10-8-14)11-12-17-15-5-3-2-4-6-15/h2-6,14H,7-13H2,1H3. The van der Waals surface area contributed by atoms with Gasteiger partial charge in [0.2, 0.25) is 0 Å². The molecule has 1 fully saturated rings. The monoisotopic (exact) mass is 265 g/mol. The highest BCUT2D eigenvalue weighted by Crippen LogP contribution is 2.20. The van der Waals surface area contributed by atoms with Gasteiger partial charge >= 0.3 is 0 Å². The zero-order chi connectivity index (χ0) is 12.6. The van der Waals surface area contributed by atoms with Crippen molar-refractivity contribution >= 4 is 11.8 Å². The van der Waals surface area contributed by atoms with Crippen LogP contribution in [0.4, 0.5) is 0 Å². The molecule has 0 amide bonds. The van der Waals surface area contributed by atoms with Crippen molar-refractivity contribution in [2.24, 2.45) is 5.92 Å². The number of ether oxygens (including phenoxy) is 1. The fourth-order valence-electron chi connectivity index (χ4n) is 2.42. The van der Waals surface area contributed by atoms with Gasteiger partial charge in [0.05, 0.1) is 0 Å². The van der Waals surface area contributed by atoms with Crippen LogP contribution in [-0.4, -0.2) is 43.1 Å². The Hall–Kier alpha value is -0.670. The van der Waals surface area contributed by atoms with Crippen LogP contribution in [0.3, 0.4) is 0 Å². The highest BCUT2D eigenvalue weighted by Gasteiger charge is 2.18. The second kappa shape index (κ2) is 7.70. The maximum atomic E-state index is 5.74. The van der Waals surface area contributed by atoms with E-state index in [1.165, 1.54) is 31.7 Å². The summed E-state index contributed by atoms with van der Waals surface area (Å²) in [6, 6.07) is 10.1. The fourth-order valence-corrected chi connectivity index (χ4v) is 3.23. The Kier molecular flexibility index (Phi) is 5.88. The minimum absolute atomic E-state index is 0.803. The van der Waals surface area contributed by atoms with Crippen molar-refractivity contribution in [2.45, 2.75) is 12.8 Å². The summed E-state index contributed by atoms with van der Waals surface area (Å²) < 4.78 is 5.74. The zero-order valence-corrected chi connectivity index (χ0v) is 12.0. The third-order valence-corrected chi connectivity index (χ3v) is 4.33. The molecule has 0 bridgehead atoms. The number of hydrogen-bond donors (Lipinski definition) is 0. The van der Waals surface area contributed by atoms with Crippen LogP contribution in [0, 0.1) is 5.92 Å². The summed E-state index contributed by atoms with van der Waals surface area (Å²) in [6.07, 6.45) is 4.92. The fraction of sp³-hybridized carbons (Fsp3) is 0.600. The average molecular weight is 265 g/mol. The first kappa shape index (κ1) is 13.8. The lowest BCUT2D eigenvalue weighted by atomic mass is 9.99. The van der Waals surface area contributed by atoms with Crippen molar-refractivity contribution in [3.05, 3.63) is 30.3 Å². The SMILES string of the molecule is CSCC1CCN(CCOc2ccccc2)CC1. The molecule has 1 saturated heterocycles. The number of benzene rings is 1. The Balaban J connectivity index is 1.61. The molecule has 1 heterocycles. The molecule has 100 valence electrons. The van der Waals surface area contributed by atoms with Crippen molar-refractivity contribution in [3.63, 3.8) is 0 Å². The second-order valence-electron chi connectivity index (χ2n) is 4.90. The quantitative estimate of drug-likeness (QED) is 0.784. The third-order valence-electron chi connectivity index (χ3n) is 3.53. The molecule has 1 aromatic carbocycles. The zero-order valence-electron chi connectivity index (χ0n) is 11.2. The summed E-state index contributed by atoms with van der Waals surface area (Å²) in [5.41, 5.74) is 0. The Morgan fingerprint density at radius 2 is 1.94 bits per heavy atom. The normalized spacial score (nSPS) is 17.8. The number of likely N-dealkylation sites (tertiary alicyclic amines) is 1. The van der Waals surface area contributed by atoms with Gasteiger partial charge in [-0.15, -0.1) is 0 Å². The Labute approximate surface area is 115 Å². The van der Waals surface area contributed by atoms with E-state index in [1.54, 1.807) is 0 Å². The van der Waals surface area contributed by atoms with Crippen molar-refractivity contribution in [3.8, 4) is 5.75 Å². The van der Waals surface area contributed by atoms with Crippen molar-refractivity contribution in [1.82, 2.24) is 4.90 Å². The summed E-state index contributed by atoms with van der Waals surface area (Å²) in [6.45, 7) is 4.34. The molecular weight excluding hydrogens is 242 g/mol. The molecular formula is C15H23NOS. The Morgan fingerprint density at radius 3 is 2.61 bits per heavy atom. The van der Waals surface area contributed by atoms with Crippen LogP contribution in [0.25, 0.3) is 0 Å². The molecule has 0 aliphatic carbocycles. The van der Waals surface area contributed by atoms with E-state index in [-0.39, 0.29) is 0 Å². The largest absolute Gasteiger partial charge is 0.492 e. The van der Waals surface area contributed by atoms with E-state index in [9.17, 15) is 0 Å². The number of thioether (sulfide) groups is 1. The van der Waals surface area contributed by atoms with Gasteiger partial charge in [0.1, 0.15) is 12.4 Å². The van der Waals surface area contributed by atoms with Gasteiger partial charge in [0, 0.05) is 6.54 Å². The summed E-state index contributed by atoms with van der Waals surface area (Å²) >= 11 is 1.98. The van der Waals surface area contributed by atoms with Crippen molar-refractivity contribution < 1.29 is 4.74 Å². The van der Waals surface area contributed by atoms with Crippen LogP contribution in [-0.2, 0) is 0 Å². The Morgan fingerprint density at radius 1 is 1.22 bits per heavy atom. The van der Waals surface area contributed by atoms with E-state index >= 15 is 0 Å². The molecule has 0 saturated carbocycles. The average Bonchev–Trinajstić information content (AvgIpc) is 2.42. The molecule has 0 unspecified atom stereocenters. The summed E-state index contributed by atoms with van der Waals surface area (Å²) in [4.78, 5) is 2.53. The second-order valence-corrected chi connectivity index (χ2v) is 5.81. The minimum atomic E-state index is 0.803. The third kappa shape index (κ3) is 4.54. The Bertz CT molecular complexity index is 323. The lowest BCUT2D eigenvalue weighted by molar-refractivity contribution is 0.161. The number of rotatable bonds is 6. The molecule has 2 rings (SSSR count). The molecule has 1 aliphatic rings. The smallest absolute Gasteiger partial charge is 0.119 e. The molecule has 2 nitrogen and oxygen atoms in total. The van der Waals surface area contributed by atoms with Gasteiger partial charge in [-0.25, -0.2) is 0 Å². The lowest BCUT2D eigenvalue weighted by Gasteiger charge is -2.31. The molecule has 0 spiro atoms. The molecule has 0 N–H and O–H groups in total. The highest BCUT2D eigenvalue weighted by molar-refractivity contribution is 7.98. The first-order valence-corrected chi connectivity index (χ1v) is 8.17. The van der Waals surface area contributed by atoms with E-state index in [1.807, 2.05) is 42.1 Å². The first-order valence-electron chi connectivity index (χ1n) is 6.77. The number of hydrogen-bond acceptors (Lipinski definition) is 3. The minimum Gasteiger partial charge on any atom is -0.492 e. The predicted octanol–water partition coefficient (Wildman–Crippen LogP) is 3.14. The lowest BCUT2D eigenvalue weighted by Crippen LogP contribution is -2.37. The number of nitrogens with zero attached hydrogens (tertiary/aromatic N) is 1. The first-order chi connectivity index (χ1) is 8.88. The number of para-hydroxylation sites is 1. The summed E-state index contributed by atoms with van der Waals surface area (Å²) in [5.74, 6) is 3.25. The van der Waals surface area contributed by atoms with E-state index < -0.39 is 0 Å². The van der Waals surface area contributed by atoms with Crippen LogP contribution in [0.2, 0.25) is 0 Å². The van der Waals surface area contributed by atoms with Gasteiger partial charge in [0.25, 0.3) is 0 Å². The van der Waals surface area contributed by atoms with E-state index in [0.717, 1.165) is 24.8 Å². The van der Waals surface area contributed by atoms with Crippen LogP contribution >= 0.6 is 11.8 Å². The van der Waals surface area contributed by atoms with E-state index in [4.69, 9.17) is 4.74 Å². The van der Waals surface area contributed by atoms with E-state index in [2.05, 4.69) is 11.2 Å². The number of piperidine rings is 1. The molecule has 3 heteroatoms. The maximum Gasteiger partial charge on any atom is 0.119 e. The van der Waals surface area contributed by atoms with E-state index in [0.29, 0.717) is 0 Å². The topological polar surface area (TPSA) is 12.5 Å². The molecule has 0 atom stereocenters. The molecule has 1 aliphatic heterocycles. The molecule has 0 radical (unpaired) electrons. The van der Waals surface area contributed by atoms with Crippen LogP contribution in [0.15, 0.2) is 30.3 Å². The maximum absolute atomic E-state index is 5.74. The van der Waals surface area contributed by atoms with Gasteiger partial charge in [-0.1, -0.05) is 18.2 Å². The molecule has 18 heavy (non-hydrogen) atoms. The van der Waals surface area contributed by atoms with Crippen molar-refractivity contribution in [2.75, 3.05) is 38.2 Å². The van der Waals surface area contributed by atoms with Gasteiger partial charge in [0.15, 0.2) is 0 Å². The molecule has 0 aromatic heterocycles. The van der Waals surface area contributed by atoms with Crippen LogP contribution in [0.1, 0.15) is 12.8 Å². The van der Waals surface area contributed by atoms with Crippen LogP contribution < -0.4 is 4.74 Å². The van der Waals surface area contributed by atoms with Crippen LogP contribution in [0.5, 0.6) is 5.75 Å². The summed E-state index contributed by atoms with van der Waals surface area (Å²) in [7, 11) is 0. The highest BCUT2D eigenvalue weighted by atomic mass is 32.2. The van der Waals surface area contributed by atoms with Gasteiger partial charge < -0.3 is 4.74 Å². The summed E-state index contributed by atoms with van der Waals surface area (Å²) in [5, 5.41) is 0. The van der Waals surface area contributed by atoms with Gasteiger partial charge in [-0.05, 0) is 56.0 Å². The van der Waals surface area contributed by atoms with Gasteiger partial charge in [-0.3, -0.25) is 4.90 Å².